The zero-order valence-electron chi connectivity index (χ0n) is 16.5. The van der Waals surface area contributed by atoms with E-state index >= 15 is 0 Å². The predicted molar refractivity (Wildman–Crippen MR) is 116 cm³/mol. The van der Waals surface area contributed by atoms with Gasteiger partial charge in [0.15, 0.2) is 0 Å². The predicted octanol–water partition coefficient (Wildman–Crippen LogP) is 4.64. The molecule has 0 fully saturated rings. The van der Waals surface area contributed by atoms with Crippen molar-refractivity contribution < 1.29 is 13.2 Å². The maximum absolute atomic E-state index is 12.9. The molecule has 0 radical (unpaired) electrons. The molecule has 0 heterocycles. The third kappa shape index (κ3) is 5.19. The quantitative estimate of drug-likeness (QED) is 0.707. The molecule has 0 spiro atoms. The van der Waals surface area contributed by atoms with E-state index in [4.69, 9.17) is 23.2 Å². The zero-order chi connectivity index (χ0) is 21.2. The van der Waals surface area contributed by atoms with Crippen molar-refractivity contribution in [3.8, 4) is 0 Å². The van der Waals surface area contributed by atoms with Crippen LogP contribution in [0.3, 0.4) is 0 Å². The molecule has 2 rings (SSSR count). The fourth-order valence-electron chi connectivity index (χ4n) is 3.07. The molecule has 2 aromatic carbocycles. The summed E-state index contributed by atoms with van der Waals surface area (Å²) in [7, 11) is -3.79. The SMILES string of the molecule is Cc1ccc(C)c([C@@H](C)NC(=O)[C@H](C)N(c2cc(Cl)ccc2Cl)S(C)(=O)=O)c1. The van der Waals surface area contributed by atoms with Gasteiger partial charge in [-0.1, -0.05) is 47.0 Å². The second-order valence-corrected chi connectivity index (χ2v) is 9.62. The molecular formula is C20H24Cl2N2O3S. The van der Waals surface area contributed by atoms with Crippen LogP contribution in [0, 0.1) is 13.8 Å². The van der Waals surface area contributed by atoms with E-state index in [1.165, 1.54) is 19.1 Å². The Morgan fingerprint density at radius 1 is 1.07 bits per heavy atom. The molecule has 0 aliphatic carbocycles. The summed E-state index contributed by atoms with van der Waals surface area (Å²) < 4.78 is 25.9. The molecule has 5 nitrogen and oxygen atoms in total. The number of amides is 1. The largest absolute Gasteiger partial charge is 0.348 e. The number of anilines is 1. The fourth-order valence-corrected chi connectivity index (χ4v) is 4.68. The molecule has 28 heavy (non-hydrogen) atoms. The molecule has 0 saturated carbocycles. The van der Waals surface area contributed by atoms with E-state index in [1.54, 1.807) is 6.07 Å². The van der Waals surface area contributed by atoms with Crippen molar-refractivity contribution in [1.82, 2.24) is 5.32 Å². The van der Waals surface area contributed by atoms with Gasteiger partial charge in [0.2, 0.25) is 15.9 Å². The number of sulfonamides is 1. The highest BCUT2D eigenvalue weighted by Crippen LogP contribution is 2.32. The van der Waals surface area contributed by atoms with E-state index in [9.17, 15) is 13.2 Å². The molecule has 2 atom stereocenters. The number of halogens is 2. The van der Waals surface area contributed by atoms with Gasteiger partial charge in [-0.15, -0.1) is 0 Å². The minimum atomic E-state index is -3.79. The van der Waals surface area contributed by atoms with Crippen molar-refractivity contribution >= 4 is 44.8 Å². The van der Waals surface area contributed by atoms with Crippen molar-refractivity contribution in [2.45, 2.75) is 39.8 Å². The summed E-state index contributed by atoms with van der Waals surface area (Å²) in [4.78, 5) is 12.9. The molecule has 1 N–H and O–H groups in total. The molecule has 0 aliphatic heterocycles. The molecule has 0 saturated heterocycles. The summed E-state index contributed by atoms with van der Waals surface area (Å²) in [6.07, 6.45) is 1.03. The van der Waals surface area contributed by atoms with Gasteiger partial charge in [0, 0.05) is 5.02 Å². The summed E-state index contributed by atoms with van der Waals surface area (Å²) in [6.45, 7) is 7.33. The topological polar surface area (TPSA) is 66.5 Å². The summed E-state index contributed by atoms with van der Waals surface area (Å²) in [5.41, 5.74) is 3.27. The number of carbonyl (C=O) groups excluding carboxylic acids is 1. The summed E-state index contributed by atoms with van der Waals surface area (Å²) in [6, 6.07) is 9.19. The van der Waals surface area contributed by atoms with Gasteiger partial charge in [-0.25, -0.2) is 8.42 Å². The normalized spacial score (nSPS) is 13.7. The molecular weight excluding hydrogens is 419 g/mol. The summed E-state index contributed by atoms with van der Waals surface area (Å²) in [5.74, 6) is -0.435. The lowest BCUT2D eigenvalue weighted by Crippen LogP contribution is -2.48. The first-order chi connectivity index (χ1) is 12.9. The standard InChI is InChI=1S/C20H24Cl2N2O3S/c1-12-6-7-13(2)17(10-12)14(3)23-20(25)15(4)24(28(5,26)27)19-11-16(21)8-9-18(19)22/h6-11,14-15H,1-5H3,(H,23,25)/t14-,15+/m1/s1. The number of benzene rings is 2. The van der Waals surface area contributed by atoms with Crippen LogP contribution in [0.25, 0.3) is 0 Å². The van der Waals surface area contributed by atoms with Crippen molar-refractivity contribution in [2.75, 3.05) is 10.6 Å². The Bertz CT molecular complexity index is 993. The molecule has 152 valence electrons. The van der Waals surface area contributed by atoms with Crippen LogP contribution in [-0.4, -0.2) is 26.6 Å². The number of rotatable bonds is 6. The maximum atomic E-state index is 12.9. The second-order valence-electron chi connectivity index (χ2n) is 6.92. The van der Waals surface area contributed by atoms with Gasteiger partial charge in [0.05, 0.1) is 23.0 Å². The van der Waals surface area contributed by atoms with Gasteiger partial charge in [-0.2, -0.15) is 0 Å². The van der Waals surface area contributed by atoms with Crippen LogP contribution in [0.2, 0.25) is 10.0 Å². The van der Waals surface area contributed by atoms with Crippen LogP contribution in [0.1, 0.15) is 36.6 Å². The number of nitrogens with zero attached hydrogens (tertiary/aromatic N) is 1. The number of nitrogens with one attached hydrogen (secondary N) is 1. The number of carbonyl (C=O) groups is 1. The van der Waals surface area contributed by atoms with Crippen molar-refractivity contribution in [1.29, 1.82) is 0 Å². The van der Waals surface area contributed by atoms with E-state index in [1.807, 2.05) is 39.0 Å². The van der Waals surface area contributed by atoms with Crippen LogP contribution >= 0.6 is 23.2 Å². The first-order valence-electron chi connectivity index (χ1n) is 8.73. The number of hydrogen-bond donors (Lipinski definition) is 1. The highest BCUT2D eigenvalue weighted by Gasteiger charge is 2.31. The maximum Gasteiger partial charge on any atom is 0.244 e. The smallest absolute Gasteiger partial charge is 0.244 e. The van der Waals surface area contributed by atoms with Gasteiger partial charge in [-0.05, 0) is 57.0 Å². The zero-order valence-corrected chi connectivity index (χ0v) is 18.8. The van der Waals surface area contributed by atoms with Crippen molar-refractivity contribution in [3.63, 3.8) is 0 Å². The average Bonchev–Trinajstić information content (AvgIpc) is 2.58. The minimum Gasteiger partial charge on any atom is -0.348 e. The Kier molecular flexibility index (Phi) is 7.02. The van der Waals surface area contributed by atoms with E-state index in [2.05, 4.69) is 5.32 Å². The highest BCUT2D eigenvalue weighted by atomic mass is 35.5. The van der Waals surface area contributed by atoms with Crippen molar-refractivity contribution in [3.05, 3.63) is 63.1 Å². The highest BCUT2D eigenvalue weighted by molar-refractivity contribution is 7.92. The van der Waals surface area contributed by atoms with E-state index in [0.29, 0.717) is 5.02 Å². The van der Waals surface area contributed by atoms with Gasteiger partial charge in [0.25, 0.3) is 0 Å². The van der Waals surface area contributed by atoms with E-state index < -0.39 is 22.0 Å². The Labute approximate surface area is 176 Å². The van der Waals surface area contributed by atoms with E-state index in [-0.39, 0.29) is 16.8 Å². The number of aryl methyl sites for hydroxylation is 2. The molecule has 0 unspecified atom stereocenters. The second kappa shape index (κ2) is 8.72. The first-order valence-corrected chi connectivity index (χ1v) is 11.3. The molecule has 1 amide bonds. The summed E-state index contributed by atoms with van der Waals surface area (Å²) >= 11 is 12.2. The fraction of sp³-hybridized carbons (Fsp3) is 0.350. The summed E-state index contributed by atoms with van der Waals surface area (Å²) in [5, 5.41) is 3.41. The van der Waals surface area contributed by atoms with Gasteiger partial charge >= 0.3 is 0 Å². The van der Waals surface area contributed by atoms with Gasteiger partial charge in [-0.3, -0.25) is 9.10 Å². The minimum absolute atomic E-state index is 0.165. The Morgan fingerprint density at radius 2 is 1.71 bits per heavy atom. The average molecular weight is 443 g/mol. The van der Waals surface area contributed by atoms with Crippen LogP contribution in [0.4, 0.5) is 5.69 Å². The third-order valence-corrected chi connectivity index (χ3v) is 6.28. The van der Waals surface area contributed by atoms with Crippen LogP contribution in [0.5, 0.6) is 0 Å². The lowest BCUT2D eigenvalue weighted by Gasteiger charge is -2.30. The molecule has 8 heteroatoms. The Morgan fingerprint density at radius 3 is 2.32 bits per heavy atom. The molecule has 0 aromatic heterocycles. The first kappa shape index (κ1) is 22.5. The van der Waals surface area contributed by atoms with Crippen LogP contribution in [-0.2, 0) is 14.8 Å². The van der Waals surface area contributed by atoms with E-state index in [0.717, 1.165) is 27.3 Å². The molecule has 0 aliphatic rings. The molecule has 2 aromatic rings. The van der Waals surface area contributed by atoms with Crippen molar-refractivity contribution in [2.24, 2.45) is 0 Å². The van der Waals surface area contributed by atoms with Crippen LogP contribution < -0.4 is 9.62 Å². The van der Waals surface area contributed by atoms with Gasteiger partial charge < -0.3 is 5.32 Å². The molecule has 0 bridgehead atoms. The van der Waals surface area contributed by atoms with Gasteiger partial charge in [0.1, 0.15) is 6.04 Å². The van der Waals surface area contributed by atoms with Crippen LogP contribution in [0.15, 0.2) is 36.4 Å². The monoisotopic (exact) mass is 442 g/mol. The third-order valence-electron chi connectivity index (χ3n) is 4.49. The number of hydrogen-bond acceptors (Lipinski definition) is 3. The lowest BCUT2D eigenvalue weighted by molar-refractivity contribution is -0.122. The Hall–Kier alpha value is -1.76. The lowest BCUT2D eigenvalue weighted by atomic mass is 10.00. The Balaban J connectivity index is 2.34.